The van der Waals surface area contributed by atoms with Gasteiger partial charge in [0.05, 0.1) is 11.8 Å². The lowest BCUT2D eigenvalue weighted by Gasteiger charge is -2.26. The number of aromatic nitrogens is 1. The van der Waals surface area contributed by atoms with Gasteiger partial charge in [-0.25, -0.2) is 4.39 Å². The van der Waals surface area contributed by atoms with Crippen LogP contribution in [0.2, 0.25) is 0 Å². The van der Waals surface area contributed by atoms with Crippen molar-refractivity contribution >= 4 is 5.91 Å². The number of carbonyl (C=O) groups excluding carboxylic acids is 1. The van der Waals surface area contributed by atoms with Gasteiger partial charge in [0.1, 0.15) is 5.82 Å². The van der Waals surface area contributed by atoms with E-state index in [1.807, 2.05) is 0 Å². The first-order valence-corrected chi connectivity index (χ1v) is 6.29. The first-order valence-electron chi connectivity index (χ1n) is 6.29. The summed E-state index contributed by atoms with van der Waals surface area (Å²) in [4.78, 5) is 15.4. The predicted octanol–water partition coefficient (Wildman–Crippen LogP) is 1.47. The number of amides is 1. The van der Waals surface area contributed by atoms with Crippen molar-refractivity contribution < 1.29 is 9.18 Å². The number of rotatable bonds is 3. The molecule has 1 heterocycles. The van der Waals surface area contributed by atoms with Gasteiger partial charge in [0.25, 0.3) is 5.91 Å². The first kappa shape index (κ1) is 13.0. The van der Waals surface area contributed by atoms with Crippen LogP contribution < -0.4 is 11.1 Å². The lowest BCUT2D eigenvalue weighted by molar-refractivity contribution is 0.0942. The van der Waals surface area contributed by atoms with Gasteiger partial charge >= 0.3 is 0 Å². The summed E-state index contributed by atoms with van der Waals surface area (Å²) in [6.45, 7) is 0.627. The van der Waals surface area contributed by atoms with Crippen molar-refractivity contribution in [1.82, 2.24) is 10.3 Å². The zero-order valence-electron chi connectivity index (χ0n) is 10.2. The van der Waals surface area contributed by atoms with Gasteiger partial charge in [0.15, 0.2) is 0 Å². The van der Waals surface area contributed by atoms with Gasteiger partial charge in [0.2, 0.25) is 0 Å². The molecule has 0 atom stereocenters. The molecule has 3 N–H and O–H groups in total. The van der Waals surface area contributed by atoms with E-state index in [1.54, 1.807) is 0 Å². The van der Waals surface area contributed by atoms with Crippen LogP contribution in [0.3, 0.4) is 0 Å². The molecule has 0 aromatic carbocycles. The Balaban J connectivity index is 1.81. The Morgan fingerprint density at radius 3 is 2.78 bits per heavy atom. The van der Waals surface area contributed by atoms with Crippen LogP contribution >= 0.6 is 0 Å². The zero-order chi connectivity index (χ0) is 13.0. The highest BCUT2D eigenvalue weighted by atomic mass is 19.1. The lowest BCUT2D eigenvalue weighted by atomic mass is 9.86. The van der Waals surface area contributed by atoms with E-state index in [9.17, 15) is 9.18 Å². The van der Waals surface area contributed by atoms with E-state index in [0.29, 0.717) is 18.5 Å². The number of nitrogens with two attached hydrogens (primary N) is 1. The molecule has 0 unspecified atom stereocenters. The molecule has 1 amide bonds. The fraction of sp³-hybridized carbons (Fsp3) is 0.538. The number of nitrogens with zero attached hydrogens (tertiary/aromatic N) is 1. The van der Waals surface area contributed by atoms with E-state index in [0.717, 1.165) is 31.9 Å². The highest BCUT2D eigenvalue weighted by Crippen LogP contribution is 2.22. The molecular weight excluding hydrogens is 233 g/mol. The average molecular weight is 251 g/mol. The van der Waals surface area contributed by atoms with Crippen LogP contribution in [0.5, 0.6) is 0 Å². The molecule has 18 heavy (non-hydrogen) atoms. The Bertz CT molecular complexity index is 416. The Kier molecular flexibility index (Phi) is 4.25. The fourth-order valence-electron chi connectivity index (χ4n) is 2.27. The number of carbonyl (C=O) groups is 1. The van der Waals surface area contributed by atoms with Gasteiger partial charge < -0.3 is 11.1 Å². The maximum absolute atomic E-state index is 12.9. The predicted molar refractivity (Wildman–Crippen MR) is 66.5 cm³/mol. The number of pyridine rings is 1. The van der Waals surface area contributed by atoms with Crippen LogP contribution in [-0.2, 0) is 0 Å². The molecule has 1 aromatic rings. The molecule has 4 nitrogen and oxygen atoms in total. The molecule has 1 saturated carbocycles. The maximum atomic E-state index is 12.9. The average Bonchev–Trinajstić information content (AvgIpc) is 2.38. The second-order valence-electron chi connectivity index (χ2n) is 4.88. The Labute approximate surface area is 106 Å². The third-order valence-electron chi connectivity index (χ3n) is 3.41. The molecule has 0 bridgehead atoms. The zero-order valence-corrected chi connectivity index (χ0v) is 10.2. The van der Waals surface area contributed by atoms with E-state index >= 15 is 0 Å². The summed E-state index contributed by atoms with van der Waals surface area (Å²) in [7, 11) is 0. The monoisotopic (exact) mass is 251 g/mol. The van der Waals surface area contributed by atoms with E-state index in [2.05, 4.69) is 10.3 Å². The summed E-state index contributed by atoms with van der Waals surface area (Å²) in [5, 5.41) is 2.82. The van der Waals surface area contributed by atoms with Crippen LogP contribution in [0.25, 0.3) is 0 Å². The van der Waals surface area contributed by atoms with Crippen LogP contribution in [0, 0.1) is 11.7 Å². The topological polar surface area (TPSA) is 68.0 Å². The van der Waals surface area contributed by atoms with Crippen LogP contribution in [0.4, 0.5) is 4.39 Å². The van der Waals surface area contributed by atoms with E-state index in [-0.39, 0.29) is 11.5 Å². The highest BCUT2D eigenvalue weighted by Gasteiger charge is 2.19. The van der Waals surface area contributed by atoms with E-state index in [1.165, 1.54) is 12.3 Å². The van der Waals surface area contributed by atoms with Crippen molar-refractivity contribution in [2.75, 3.05) is 6.54 Å². The minimum absolute atomic E-state index is 0.266. The molecule has 98 valence electrons. The minimum atomic E-state index is -0.494. The van der Waals surface area contributed by atoms with Gasteiger partial charge in [-0.15, -0.1) is 0 Å². The summed E-state index contributed by atoms with van der Waals surface area (Å²) < 4.78 is 12.9. The summed E-state index contributed by atoms with van der Waals surface area (Å²) in [6.07, 6.45) is 6.57. The summed E-state index contributed by atoms with van der Waals surface area (Å²) in [5.74, 6) is -0.279. The summed E-state index contributed by atoms with van der Waals surface area (Å²) in [5.41, 5.74) is 6.09. The summed E-state index contributed by atoms with van der Waals surface area (Å²) in [6, 6.07) is 1.50. The van der Waals surface area contributed by atoms with Crippen LogP contribution in [-0.4, -0.2) is 23.5 Å². The highest BCUT2D eigenvalue weighted by molar-refractivity contribution is 5.93. The lowest BCUT2D eigenvalue weighted by Crippen LogP contribution is -2.34. The largest absolute Gasteiger partial charge is 0.352 e. The van der Waals surface area contributed by atoms with Gasteiger partial charge in [0, 0.05) is 18.8 Å². The molecular formula is C13H18FN3O. The van der Waals surface area contributed by atoms with Gasteiger partial charge in [-0.1, -0.05) is 0 Å². The Morgan fingerprint density at radius 2 is 2.11 bits per heavy atom. The third kappa shape index (κ3) is 3.50. The van der Waals surface area contributed by atoms with Crippen molar-refractivity contribution in [3.05, 3.63) is 29.8 Å². The van der Waals surface area contributed by atoms with Crippen molar-refractivity contribution in [1.29, 1.82) is 0 Å². The molecule has 0 spiro atoms. The molecule has 1 aliphatic rings. The second-order valence-corrected chi connectivity index (χ2v) is 4.88. The molecule has 1 aromatic heterocycles. The Morgan fingerprint density at radius 1 is 1.39 bits per heavy atom. The second kappa shape index (κ2) is 5.91. The fourth-order valence-corrected chi connectivity index (χ4v) is 2.27. The molecule has 1 fully saturated rings. The number of hydrogen-bond acceptors (Lipinski definition) is 3. The van der Waals surface area contributed by atoms with Crippen molar-refractivity contribution in [2.45, 2.75) is 31.7 Å². The number of nitrogens with one attached hydrogen (secondary N) is 1. The van der Waals surface area contributed by atoms with Gasteiger partial charge in [-0.05, 0) is 37.7 Å². The minimum Gasteiger partial charge on any atom is -0.352 e. The van der Waals surface area contributed by atoms with Crippen LogP contribution in [0.15, 0.2) is 18.5 Å². The van der Waals surface area contributed by atoms with E-state index < -0.39 is 5.82 Å². The standard InChI is InChI=1S/C13H18FN3O/c14-11-5-10(7-16-8-11)13(18)17-6-9-1-3-12(15)4-2-9/h5,7-9,12H,1-4,6,15H2,(H,17,18). The van der Waals surface area contributed by atoms with Gasteiger partial charge in [-0.2, -0.15) is 0 Å². The van der Waals surface area contributed by atoms with Crippen molar-refractivity contribution in [2.24, 2.45) is 11.7 Å². The molecule has 5 heteroatoms. The first-order chi connectivity index (χ1) is 8.65. The number of hydrogen-bond donors (Lipinski definition) is 2. The van der Waals surface area contributed by atoms with Crippen LogP contribution in [0.1, 0.15) is 36.0 Å². The molecule has 1 aliphatic carbocycles. The molecule has 0 saturated heterocycles. The maximum Gasteiger partial charge on any atom is 0.252 e. The third-order valence-corrected chi connectivity index (χ3v) is 3.41. The smallest absolute Gasteiger partial charge is 0.252 e. The Hall–Kier alpha value is -1.49. The van der Waals surface area contributed by atoms with Crippen molar-refractivity contribution in [3.8, 4) is 0 Å². The molecule has 0 aliphatic heterocycles. The number of halogens is 1. The van der Waals surface area contributed by atoms with E-state index in [4.69, 9.17) is 5.73 Å². The SMILES string of the molecule is NC1CCC(CNC(=O)c2cncc(F)c2)CC1. The quantitative estimate of drug-likeness (QED) is 0.854. The summed E-state index contributed by atoms with van der Waals surface area (Å²) >= 11 is 0. The normalized spacial score (nSPS) is 23.7. The molecule has 0 radical (unpaired) electrons. The molecule has 2 rings (SSSR count). The van der Waals surface area contributed by atoms with Crippen molar-refractivity contribution in [3.63, 3.8) is 0 Å². The van der Waals surface area contributed by atoms with Gasteiger partial charge in [-0.3, -0.25) is 9.78 Å².